The molecule has 0 N–H and O–H groups in total. The molecule has 1 aliphatic heterocycles. The third-order valence-electron chi connectivity index (χ3n) is 4.10. The van der Waals surface area contributed by atoms with Crippen LogP contribution in [0.5, 0.6) is 5.75 Å². The largest absolute Gasteiger partial charge is 0.493 e. The van der Waals surface area contributed by atoms with Gasteiger partial charge in [-0.3, -0.25) is 4.98 Å². The maximum Gasteiger partial charge on any atom is 0.142 e. The average molecular weight is 362 g/mol. The standard InChI is InChI=1S/C17H20BrN3O/c1-13-11-19-8-4-16(13)22-12-14-5-9-21(10-6-14)17-15(18)3-2-7-20-17/h2-4,7-8,11,14H,5-6,9-10,12H2,1H3. The molecule has 1 saturated heterocycles. The molecule has 0 spiro atoms. The van der Waals surface area contributed by atoms with Crippen molar-refractivity contribution in [3.05, 3.63) is 46.8 Å². The minimum Gasteiger partial charge on any atom is -0.493 e. The molecular formula is C17H20BrN3O. The second-order valence-electron chi connectivity index (χ2n) is 5.69. The number of hydrogen-bond donors (Lipinski definition) is 0. The van der Waals surface area contributed by atoms with Gasteiger partial charge in [-0.25, -0.2) is 4.98 Å². The Morgan fingerprint density at radius 3 is 2.82 bits per heavy atom. The molecule has 1 aliphatic rings. The first-order valence-corrected chi connectivity index (χ1v) is 8.42. The van der Waals surface area contributed by atoms with Crippen LogP contribution in [0.4, 0.5) is 5.82 Å². The van der Waals surface area contributed by atoms with Crippen molar-refractivity contribution in [2.45, 2.75) is 19.8 Å². The lowest BCUT2D eigenvalue weighted by Gasteiger charge is -2.33. The predicted octanol–water partition coefficient (Wildman–Crippen LogP) is 3.84. The summed E-state index contributed by atoms with van der Waals surface area (Å²) in [5.74, 6) is 2.60. The van der Waals surface area contributed by atoms with E-state index in [-0.39, 0.29) is 0 Å². The van der Waals surface area contributed by atoms with E-state index in [1.165, 1.54) is 0 Å². The van der Waals surface area contributed by atoms with Gasteiger partial charge >= 0.3 is 0 Å². The minimum atomic E-state index is 0.603. The molecule has 0 aliphatic carbocycles. The van der Waals surface area contributed by atoms with Crippen LogP contribution in [0.25, 0.3) is 0 Å². The number of aryl methyl sites for hydroxylation is 1. The fourth-order valence-corrected chi connectivity index (χ4v) is 3.26. The molecule has 0 aromatic carbocycles. The summed E-state index contributed by atoms with van der Waals surface area (Å²) in [5.41, 5.74) is 1.09. The van der Waals surface area contributed by atoms with Crippen LogP contribution < -0.4 is 9.64 Å². The number of pyridine rings is 2. The zero-order valence-electron chi connectivity index (χ0n) is 12.7. The molecule has 3 rings (SSSR count). The Balaban J connectivity index is 1.52. The highest BCUT2D eigenvalue weighted by Crippen LogP contribution is 2.28. The van der Waals surface area contributed by atoms with Crippen molar-refractivity contribution in [1.29, 1.82) is 0 Å². The molecule has 0 saturated carbocycles. The van der Waals surface area contributed by atoms with E-state index in [0.717, 1.165) is 54.1 Å². The molecule has 0 unspecified atom stereocenters. The molecule has 0 amide bonds. The molecule has 1 fully saturated rings. The summed E-state index contributed by atoms with van der Waals surface area (Å²) in [5, 5.41) is 0. The van der Waals surface area contributed by atoms with Crippen LogP contribution >= 0.6 is 15.9 Å². The van der Waals surface area contributed by atoms with Gasteiger partial charge in [-0.15, -0.1) is 0 Å². The average Bonchev–Trinajstić information content (AvgIpc) is 2.55. The number of anilines is 1. The zero-order chi connectivity index (χ0) is 15.4. The summed E-state index contributed by atoms with van der Waals surface area (Å²) < 4.78 is 7.02. The van der Waals surface area contributed by atoms with Crippen molar-refractivity contribution < 1.29 is 4.74 Å². The Labute approximate surface area is 139 Å². The quantitative estimate of drug-likeness (QED) is 0.828. The normalized spacial score (nSPS) is 15.8. The number of aromatic nitrogens is 2. The summed E-state index contributed by atoms with van der Waals surface area (Å²) in [6, 6.07) is 5.93. The third-order valence-corrected chi connectivity index (χ3v) is 4.72. The lowest BCUT2D eigenvalue weighted by atomic mass is 9.98. The molecule has 2 aromatic heterocycles. The van der Waals surface area contributed by atoms with E-state index in [1.54, 1.807) is 6.20 Å². The monoisotopic (exact) mass is 361 g/mol. The number of piperidine rings is 1. The van der Waals surface area contributed by atoms with Crippen molar-refractivity contribution in [1.82, 2.24) is 9.97 Å². The van der Waals surface area contributed by atoms with E-state index >= 15 is 0 Å². The Hall–Kier alpha value is -1.62. The molecule has 5 heteroatoms. The highest BCUT2D eigenvalue weighted by Gasteiger charge is 2.22. The Morgan fingerprint density at radius 2 is 2.09 bits per heavy atom. The number of hydrogen-bond acceptors (Lipinski definition) is 4. The third kappa shape index (κ3) is 3.58. The number of nitrogens with zero attached hydrogens (tertiary/aromatic N) is 3. The fraction of sp³-hybridized carbons (Fsp3) is 0.412. The van der Waals surface area contributed by atoms with Crippen molar-refractivity contribution in [2.24, 2.45) is 5.92 Å². The van der Waals surface area contributed by atoms with E-state index in [4.69, 9.17) is 4.74 Å². The number of halogens is 1. The maximum atomic E-state index is 5.96. The zero-order valence-corrected chi connectivity index (χ0v) is 14.3. The van der Waals surface area contributed by atoms with Crippen molar-refractivity contribution in [3.8, 4) is 5.75 Å². The molecule has 2 aromatic rings. The summed E-state index contributed by atoms with van der Waals surface area (Å²) in [4.78, 5) is 10.9. The van der Waals surface area contributed by atoms with E-state index in [0.29, 0.717) is 5.92 Å². The van der Waals surface area contributed by atoms with Crippen molar-refractivity contribution >= 4 is 21.7 Å². The Morgan fingerprint density at radius 1 is 1.27 bits per heavy atom. The Bertz CT molecular complexity index is 627. The van der Waals surface area contributed by atoms with Gasteiger partial charge in [0.25, 0.3) is 0 Å². The topological polar surface area (TPSA) is 38.2 Å². The lowest BCUT2D eigenvalue weighted by molar-refractivity contribution is 0.221. The second-order valence-corrected chi connectivity index (χ2v) is 6.55. The van der Waals surface area contributed by atoms with E-state index in [2.05, 4.69) is 30.8 Å². The van der Waals surface area contributed by atoms with Crippen LogP contribution in [0, 0.1) is 12.8 Å². The van der Waals surface area contributed by atoms with Gasteiger partial charge < -0.3 is 9.64 Å². The summed E-state index contributed by atoms with van der Waals surface area (Å²) in [6.45, 7) is 4.86. The van der Waals surface area contributed by atoms with Crippen LogP contribution in [0.3, 0.4) is 0 Å². The van der Waals surface area contributed by atoms with Crippen LogP contribution in [0.15, 0.2) is 41.3 Å². The molecule has 3 heterocycles. The van der Waals surface area contributed by atoms with Gasteiger partial charge in [0.05, 0.1) is 11.1 Å². The summed E-state index contributed by atoms with van der Waals surface area (Å²) in [6.07, 6.45) is 7.74. The van der Waals surface area contributed by atoms with E-state index in [1.807, 2.05) is 37.5 Å². The van der Waals surface area contributed by atoms with Crippen molar-refractivity contribution in [3.63, 3.8) is 0 Å². The highest BCUT2D eigenvalue weighted by molar-refractivity contribution is 9.10. The van der Waals surface area contributed by atoms with Gasteiger partial charge in [0, 0.05) is 37.2 Å². The van der Waals surface area contributed by atoms with Gasteiger partial charge in [0.1, 0.15) is 11.6 Å². The highest BCUT2D eigenvalue weighted by atomic mass is 79.9. The molecule has 22 heavy (non-hydrogen) atoms. The predicted molar refractivity (Wildman–Crippen MR) is 91.3 cm³/mol. The first kappa shape index (κ1) is 15.3. The van der Waals surface area contributed by atoms with Crippen molar-refractivity contribution in [2.75, 3.05) is 24.6 Å². The number of ether oxygens (including phenoxy) is 1. The van der Waals surface area contributed by atoms with Crippen LogP contribution in [0.1, 0.15) is 18.4 Å². The first-order chi connectivity index (χ1) is 10.7. The first-order valence-electron chi connectivity index (χ1n) is 7.63. The number of rotatable bonds is 4. The van der Waals surface area contributed by atoms with Crippen LogP contribution in [0.2, 0.25) is 0 Å². The van der Waals surface area contributed by atoms with E-state index < -0.39 is 0 Å². The Kier molecular flexibility index (Phi) is 4.93. The second kappa shape index (κ2) is 7.09. The van der Waals surface area contributed by atoms with Gasteiger partial charge in [0.2, 0.25) is 0 Å². The van der Waals surface area contributed by atoms with Gasteiger partial charge in [-0.1, -0.05) is 0 Å². The fourth-order valence-electron chi connectivity index (χ4n) is 2.75. The summed E-state index contributed by atoms with van der Waals surface area (Å²) >= 11 is 3.58. The van der Waals surface area contributed by atoms with Gasteiger partial charge in [0.15, 0.2) is 0 Å². The molecule has 116 valence electrons. The molecular weight excluding hydrogens is 342 g/mol. The van der Waals surface area contributed by atoms with Crippen LogP contribution in [-0.4, -0.2) is 29.7 Å². The SMILES string of the molecule is Cc1cnccc1OCC1CCN(c2ncccc2Br)CC1. The smallest absolute Gasteiger partial charge is 0.142 e. The minimum absolute atomic E-state index is 0.603. The molecule has 0 radical (unpaired) electrons. The summed E-state index contributed by atoms with van der Waals surface area (Å²) in [7, 11) is 0. The van der Waals surface area contributed by atoms with Gasteiger partial charge in [-0.05, 0) is 59.8 Å². The molecule has 0 bridgehead atoms. The lowest BCUT2D eigenvalue weighted by Crippen LogP contribution is -2.36. The van der Waals surface area contributed by atoms with Crippen LogP contribution in [-0.2, 0) is 0 Å². The maximum absolute atomic E-state index is 5.96. The molecule has 4 nitrogen and oxygen atoms in total. The van der Waals surface area contributed by atoms with E-state index in [9.17, 15) is 0 Å². The molecule has 0 atom stereocenters. The van der Waals surface area contributed by atoms with Gasteiger partial charge in [-0.2, -0.15) is 0 Å².